The van der Waals surface area contributed by atoms with Gasteiger partial charge in [-0.2, -0.15) is 9.78 Å². The lowest BCUT2D eigenvalue weighted by molar-refractivity contribution is 0.229. The molecule has 1 aliphatic rings. The molecule has 1 amide bonds. The minimum absolute atomic E-state index is 0.0666. The maximum Gasteiger partial charge on any atom is 0.359 e. The highest BCUT2D eigenvalue weighted by Crippen LogP contribution is 2.31. The highest BCUT2D eigenvalue weighted by molar-refractivity contribution is 7.89. The Labute approximate surface area is 166 Å². The van der Waals surface area contributed by atoms with Crippen LogP contribution in [0, 0.1) is 6.92 Å². The predicted molar refractivity (Wildman–Crippen MR) is 102 cm³/mol. The molecule has 0 saturated heterocycles. The van der Waals surface area contributed by atoms with Crippen LogP contribution in [0.2, 0.25) is 10.0 Å². The number of carbonyl (C=O) groups excluding carboxylic acids is 1. The van der Waals surface area contributed by atoms with Gasteiger partial charge in [0, 0.05) is 5.56 Å². The molecule has 3 aromatic rings. The van der Waals surface area contributed by atoms with Crippen LogP contribution in [0.1, 0.15) is 11.3 Å². The molecule has 27 heavy (non-hydrogen) atoms. The van der Waals surface area contributed by atoms with E-state index in [9.17, 15) is 13.2 Å². The summed E-state index contributed by atoms with van der Waals surface area (Å²) in [5, 5.41) is 5.03. The van der Waals surface area contributed by atoms with E-state index in [1.165, 1.54) is 12.1 Å². The van der Waals surface area contributed by atoms with E-state index in [-0.39, 0.29) is 11.4 Å². The van der Waals surface area contributed by atoms with E-state index in [2.05, 4.69) is 5.10 Å². The summed E-state index contributed by atoms with van der Waals surface area (Å²) in [5.74, 6) is 0. The summed E-state index contributed by atoms with van der Waals surface area (Å²) in [6.45, 7) is 1.78. The molecule has 2 aromatic carbocycles. The van der Waals surface area contributed by atoms with E-state index in [0.29, 0.717) is 27.0 Å². The second kappa shape index (κ2) is 6.37. The van der Waals surface area contributed by atoms with E-state index < -0.39 is 16.1 Å². The number of sulfonamides is 1. The zero-order valence-corrected chi connectivity index (χ0v) is 16.4. The topological polar surface area (TPSA) is 72.3 Å². The van der Waals surface area contributed by atoms with Gasteiger partial charge in [-0.05, 0) is 37.3 Å². The Kier molecular flexibility index (Phi) is 4.25. The predicted octanol–water partition coefficient (Wildman–Crippen LogP) is 4.34. The molecule has 0 saturated carbocycles. The highest BCUT2D eigenvalue weighted by Gasteiger charge is 2.38. The van der Waals surface area contributed by atoms with Crippen LogP contribution in [0.3, 0.4) is 0 Å². The van der Waals surface area contributed by atoms with Gasteiger partial charge in [0.2, 0.25) is 0 Å². The number of carbonyl (C=O) groups is 1. The number of fused-ring (bicyclic) bond motifs is 1. The van der Waals surface area contributed by atoms with Crippen LogP contribution in [0.25, 0.3) is 11.3 Å². The van der Waals surface area contributed by atoms with Crippen LogP contribution in [0.4, 0.5) is 4.79 Å². The van der Waals surface area contributed by atoms with Gasteiger partial charge in [0.15, 0.2) is 0 Å². The molecule has 0 unspecified atom stereocenters. The number of amides is 1. The first kappa shape index (κ1) is 18.0. The lowest BCUT2D eigenvalue weighted by Crippen LogP contribution is -2.33. The van der Waals surface area contributed by atoms with Crippen LogP contribution >= 0.6 is 23.2 Å². The first-order valence-corrected chi connectivity index (χ1v) is 10.1. The third-order valence-corrected chi connectivity index (χ3v) is 6.78. The Morgan fingerprint density at radius 2 is 1.70 bits per heavy atom. The Morgan fingerprint density at radius 1 is 1.00 bits per heavy atom. The lowest BCUT2D eigenvalue weighted by Gasteiger charge is -2.15. The third kappa shape index (κ3) is 3.01. The van der Waals surface area contributed by atoms with Crippen molar-refractivity contribution in [3.8, 4) is 11.3 Å². The van der Waals surface area contributed by atoms with Crippen molar-refractivity contribution in [1.29, 1.82) is 0 Å². The van der Waals surface area contributed by atoms with Gasteiger partial charge >= 0.3 is 6.03 Å². The second-order valence-corrected chi connectivity index (χ2v) is 8.85. The Hall–Kier alpha value is -2.35. The molecule has 0 fully saturated rings. The Balaban J connectivity index is 1.67. The number of hydrogen-bond acceptors (Lipinski definition) is 4. The SMILES string of the molecule is Cc1ccc(S(=O)(=O)N2Cc3cc(-c4ccc(Cl)c(Cl)c4)nn3C2=O)cc1. The molecule has 4 rings (SSSR count). The number of rotatable bonds is 3. The number of benzene rings is 2. The molecule has 1 aromatic heterocycles. The van der Waals surface area contributed by atoms with Crippen molar-refractivity contribution < 1.29 is 13.2 Å². The second-order valence-electron chi connectivity index (χ2n) is 6.17. The van der Waals surface area contributed by atoms with Gasteiger partial charge in [0.25, 0.3) is 10.0 Å². The minimum atomic E-state index is -3.95. The van der Waals surface area contributed by atoms with Crippen molar-refractivity contribution in [3.05, 3.63) is 69.8 Å². The molecule has 0 aliphatic carbocycles. The molecule has 9 heteroatoms. The van der Waals surface area contributed by atoms with E-state index in [4.69, 9.17) is 23.2 Å². The molecular formula is C18H13Cl2N3O3S. The Morgan fingerprint density at radius 3 is 2.33 bits per heavy atom. The number of nitrogens with zero attached hydrogens (tertiary/aromatic N) is 3. The Bertz CT molecular complexity index is 1170. The largest absolute Gasteiger partial charge is 0.359 e. The molecule has 0 spiro atoms. The quantitative estimate of drug-likeness (QED) is 0.630. The van der Waals surface area contributed by atoms with Gasteiger partial charge < -0.3 is 0 Å². The summed E-state index contributed by atoms with van der Waals surface area (Å²) in [6.07, 6.45) is 0. The average molecular weight is 422 g/mol. The van der Waals surface area contributed by atoms with Crippen molar-refractivity contribution in [2.75, 3.05) is 0 Å². The smallest absolute Gasteiger partial charge is 0.245 e. The molecule has 1 aliphatic heterocycles. The fourth-order valence-electron chi connectivity index (χ4n) is 2.84. The minimum Gasteiger partial charge on any atom is -0.245 e. The lowest BCUT2D eigenvalue weighted by atomic mass is 10.1. The molecule has 138 valence electrons. The van der Waals surface area contributed by atoms with E-state index in [1.54, 1.807) is 36.4 Å². The summed E-state index contributed by atoms with van der Waals surface area (Å²) in [5.41, 5.74) is 2.62. The first-order chi connectivity index (χ1) is 12.8. The van der Waals surface area contributed by atoms with Gasteiger partial charge in [-0.3, -0.25) is 0 Å². The molecule has 0 radical (unpaired) electrons. The van der Waals surface area contributed by atoms with Gasteiger partial charge in [-0.1, -0.05) is 47.0 Å². The van der Waals surface area contributed by atoms with Gasteiger partial charge in [-0.15, -0.1) is 0 Å². The molecule has 6 nitrogen and oxygen atoms in total. The summed E-state index contributed by atoms with van der Waals surface area (Å²) < 4.78 is 27.5. The van der Waals surface area contributed by atoms with Crippen molar-refractivity contribution in [1.82, 2.24) is 14.1 Å². The van der Waals surface area contributed by atoms with Crippen LogP contribution in [-0.2, 0) is 16.6 Å². The summed E-state index contributed by atoms with van der Waals surface area (Å²) in [4.78, 5) is 12.7. The normalized spacial score (nSPS) is 13.9. The molecule has 0 atom stereocenters. The number of halogens is 2. The number of aryl methyl sites for hydroxylation is 1. The molecule has 2 heterocycles. The highest BCUT2D eigenvalue weighted by atomic mass is 35.5. The van der Waals surface area contributed by atoms with Gasteiger partial charge in [0.1, 0.15) is 0 Å². The molecular weight excluding hydrogens is 409 g/mol. The number of aromatic nitrogens is 2. The summed E-state index contributed by atoms with van der Waals surface area (Å²) in [7, 11) is -3.95. The maximum atomic E-state index is 12.8. The van der Waals surface area contributed by atoms with E-state index in [0.717, 1.165) is 14.6 Å². The summed E-state index contributed by atoms with van der Waals surface area (Å²) in [6, 6.07) is 12.3. The first-order valence-electron chi connectivity index (χ1n) is 7.95. The fourth-order valence-corrected chi connectivity index (χ4v) is 4.46. The zero-order valence-electron chi connectivity index (χ0n) is 14.1. The van der Waals surface area contributed by atoms with Gasteiger partial charge in [0.05, 0.1) is 32.9 Å². The van der Waals surface area contributed by atoms with Crippen LogP contribution < -0.4 is 0 Å². The maximum absolute atomic E-state index is 12.8. The zero-order chi connectivity index (χ0) is 19.3. The molecule has 0 bridgehead atoms. The number of hydrogen-bond donors (Lipinski definition) is 0. The van der Waals surface area contributed by atoms with Crippen molar-refractivity contribution in [2.24, 2.45) is 0 Å². The van der Waals surface area contributed by atoms with Crippen molar-refractivity contribution >= 4 is 39.3 Å². The van der Waals surface area contributed by atoms with Crippen LogP contribution in [0.15, 0.2) is 53.4 Å². The summed E-state index contributed by atoms with van der Waals surface area (Å²) >= 11 is 11.9. The van der Waals surface area contributed by atoms with Gasteiger partial charge in [-0.25, -0.2) is 17.5 Å². The van der Waals surface area contributed by atoms with E-state index >= 15 is 0 Å². The van der Waals surface area contributed by atoms with Crippen molar-refractivity contribution in [3.63, 3.8) is 0 Å². The monoisotopic (exact) mass is 421 g/mol. The van der Waals surface area contributed by atoms with Crippen molar-refractivity contribution in [2.45, 2.75) is 18.4 Å². The average Bonchev–Trinajstić information content (AvgIpc) is 3.18. The fraction of sp³-hybridized carbons (Fsp3) is 0.111. The standard InChI is InChI=1S/C18H13Cl2N3O3S/c1-11-2-5-14(6-3-11)27(25,26)22-10-13-9-17(21-23(13)18(22)24)12-4-7-15(19)16(20)8-12/h2-9H,10H2,1H3. The van der Waals surface area contributed by atoms with Crippen LogP contribution in [0.5, 0.6) is 0 Å². The van der Waals surface area contributed by atoms with Crippen LogP contribution in [-0.4, -0.2) is 28.5 Å². The molecule has 0 N–H and O–H groups in total. The van der Waals surface area contributed by atoms with E-state index in [1.807, 2.05) is 6.92 Å². The third-order valence-electron chi connectivity index (χ3n) is 4.31.